The summed E-state index contributed by atoms with van der Waals surface area (Å²) in [5, 5.41) is 0. The van der Waals surface area contributed by atoms with Gasteiger partial charge in [-0.15, -0.1) is 0 Å². The first kappa shape index (κ1) is 20.5. The van der Waals surface area contributed by atoms with E-state index in [0.717, 1.165) is 5.56 Å². The Balaban J connectivity index is 1.70. The number of carbonyl (C=O) groups is 2. The molecule has 1 heterocycles. The summed E-state index contributed by atoms with van der Waals surface area (Å²) in [5.74, 6) is -0.571. The lowest BCUT2D eigenvalue weighted by Crippen LogP contribution is -2.46. The van der Waals surface area contributed by atoms with Gasteiger partial charge in [0, 0.05) is 11.5 Å². The molecule has 1 aliphatic carbocycles. The molecule has 1 unspecified atom stereocenters. The molecule has 2 aliphatic rings. The molecule has 0 aromatic heterocycles. The molecule has 28 heavy (non-hydrogen) atoms. The number of halogens is 2. The Morgan fingerprint density at radius 2 is 1.89 bits per heavy atom. The van der Waals surface area contributed by atoms with Gasteiger partial charge >= 0.3 is 18.7 Å². The Morgan fingerprint density at radius 1 is 1.21 bits per heavy atom. The van der Waals surface area contributed by atoms with E-state index in [9.17, 15) is 18.4 Å². The number of benzene rings is 1. The molecule has 0 bridgehead atoms. The van der Waals surface area contributed by atoms with Gasteiger partial charge in [-0.1, -0.05) is 30.3 Å². The van der Waals surface area contributed by atoms with Crippen molar-refractivity contribution in [2.45, 2.75) is 64.5 Å². The largest absolute Gasteiger partial charge is 0.459 e. The van der Waals surface area contributed by atoms with Crippen LogP contribution in [0.1, 0.15) is 39.2 Å². The number of piperidine rings is 1. The number of ether oxygens (including phenoxy) is 3. The van der Waals surface area contributed by atoms with Gasteiger partial charge in [0.05, 0.1) is 6.61 Å². The lowest BCUT2D eigenvalue weighted by atomic mass is 10.0. The van der Waals surface area contributed by atoms with Crippen LogP contribution in [0.5, 0.6) is 0 Å². The summed E-state index contributed by atoms with van der Waals surface area (Å²) < 4.78 is 40.3. The highest BCUT2D eigenvalue weighted by Crippen LogP contribution is 2.60. The molecular weight excluding hydrogens is 372 g/mol. The number of esters is 1. The van der Waals surface area contributed by atoms with Crippen LogP contribution in [-0.4, -0.2) is 47.9 Å². The summed E-state index contributed by atoms with van der Waals surface area (Å²) >= 11 is 0. The van der Waals surface area contributed by atoms with Crippen LogP contribution in [0.4, 0.5) is 13.6 Å². The van der Waals surface area contributed by atoms with E-state index in [1.165, 1.54) is 4.90 Å². The van der Waals surface area contributed by atoms with Crippen LogP contribution in [0.15, 0.2) is 30.3 Å². The molecule has 1 saturated carbocycles. The van der Waals surface area contributed by atoms with Crippen LogP contribution in [0.3, 0.4) is 0 Å². The van der Waals surface area contributed by atoms with Gasteiger partial charge in [-0.3, -0.25) is 4.90 Å². The molecule has 2 fully saturated rings. The molecule has 0 radical (unpaired) electrons. The highest BCUT2D eigenvalue weighted by atomic mass is 19.3. The monoisotopic (exact) mass is 397 g/mol. The van der Waals surface area contributed by atoms with Crippen molar-refractivity contribution in [2.24, 2.45) is 5.41 Å². The third kappa shape index (κ3) is 4.60. The minimum Gasteiger partial charge on any atom is -0.459 e. The predicted molar refractivity (Wildman–Crippen MR) is 95.5 cm³/mol. The first-order chi connectivity index (χ1) is 13.1. The van der Waals surface area contributed by atoms with Gasteiger partial charge in [0.2, 0.25) is 0 Å². The van der Waals surface area contributed by atoms with Crippen LogP contribution in [0.2, 0.25) is 0 Å². The normalized spacial score (nSPS) is 26.1. The number of rotatable bonds is 6. The van der Waals surface area contributed by atoms with Gasteiger partial charge in [-0.2, -0.15) is 8.78 Å². The molecule has 0 N–H and O–H groups in total. The van der Waals surface area contributed by atoms with E-state index in [-0.39, 0.29) is 25.7 Å². The van der Waals surface area contributed by atoms with E-state index in [0.29, 0.717) is 6.42 Å². The van der Waals surface area contributed by atoms with Crippen LogP contribution in [0.25, 0.3) is 0 Å². The first-order valence-corrected chi connectivity index (χ1v) is 9.23. The SMILES string of the molecule is CC(C)(C)OC(=O)N1[C@H](C(=O)OCc2ccccc2)CC2(COC(F)F)C[C@@H]12. The number of hydrogen-bond donors (Lipinski definition) is 0. The fourth-order valence-corrected chi connectivity index (χ4v) is 3.67. The highest BCUT2D eigenvalue weighted by molar-refractivity contribution is 5.83. The second kappa shape index (κ2) is 7.66. The Hall–Kier alpha value is -2.22. The molecule has 1 aromatic carbocycles. The molecule has 1 saturated heterocycles. The number of nitrogens with zero attached hydrogens (tertiary/aromatic N) is 1. The first-order valence-electron chi connectivity index (χ1n) is 9.23. The van der Waals surface area contributed by atoms with E-state index in [1.807, 2.05) is 30.3 Å². The van der Waals surface area contributed by atoms with Crippen molar-refractivity contribution in [1.82, 2.24) is 4.90 Å². The quantitative estimate of drug-likeness (QED) is 0.685. The zero-order valence-corrected chi connectivity index (χ0v) is 16.2. The maximum Gasteiger partial charge on any atom is 0.411 e. The summed E-state index contributed by atoms with van der Waals surface area (Å²) in [6, 6.07) is 7.92. The maximum absolute atomic E-state index is 12.7. The van der Waals surface area contributed by atoms with Crippen molar-refractivity contribution in [2.75, 3.05) is 6.61 Å². The van der Waals surface area contributed by atoms with E-state index in [2.05, 4.69) is 4.74 Å². The third-order valence-corrected chi connectivity index (χ3v) is 5.02. The number of amides is 1. The van der Waals surface area contributed by atoms with Crippen molar-refractivity contribution in [3.05, 3.63) is 35.9 Å². The average Bonchev–Trinajstić information content (AvgIpc) is 3.21. The van der Waals surface area contributed by atoms with Crippen molar-refractivity contribution >= 4 is 12.1 Å². The number of alkyl halides is 2. The fraction of sp³-hybridized carbons (Fsp3) is 0.600. The molecule has 3 rings (SSSR count). The van der Waals surface area contributed by atoms with E-state index >= 15 is 0 Å². The summed E-state index contributed by atoms with van der Waals surface area (Å²) in [4.78, 5) is 26.7. The van der Waals surface area contributed by atoms with Crippen LogP contribution in [0, 0.1) is 5.41 Å². The molecule has 8 heteroatoms. The lowest BCUT2D eigenvalue weighted by molar-refractivity contribution is -0.151. The zero-order chi connectivity index (χ0) is 20.5. The second-order valence-electron chi connectivity index (χ2n) is 8.35. The van der Waals surface area contributed by atoms with Crippen LogP contribution >= 0.6 is 0 Å². The molecule has 6 nitrogen and oxygen atoms in total. The van der Waals surface area contributed by atoms with Crippen molar-refractivity contribution in [3.8, 4) is 0 Å². The van der Waals surface area contributed by atoms with Gasteiger partial charge in [0.1, 0.15) is 18.2 Å². The molecule has 154 valence electrons. The second-order valence-corrected chi connectivity index (χ2v) is 8.35. The van der Waals surface area contributed by atoms with Gasteiger partial charge in [0.25, 0.3) is 0 Å². The van der Waals surface area contributed by atoms with Crippen molar-refractivity contribution < 1.29 is 32.6 Å². The molecular formula is C20H25F2NO5. The Morgan fingerprint density at radius 3 is 2.50 bits per heavy atom. The Kier molecular flexibility index (Phi) is 5.61. The van der Waals surface area contributed by atoms with Crippen molar-refractivity contribution in [3.63, 3.8) is 0 Å². The summed E-state index contributed by atoms with van der Waals surface area (Å²) in [6.45, 7) is 2.15. The number of fused-ring (bicyclic) bond motifs is 1. The minimum atomic E-state index is -2.89. The smallest absolute Gasteiger partial charge is 0.411 e. The van der Waals surface area contributed by atoms with Gasteiger partial charge in [0.15, 0.2) is 0 Å². The Bertz CT molecular complexity index is 721. The number of likely N-dealkylation sites (tertiary alicyclic amines) is 1. The van der Waals surface area contributed by atoms with E-state index in [4.69, 9.17) is 9.47 Å². The van der Waals surface area contributed by atoms with E-state index in [1.54, 1.807) is 20.8 Å². The van der Waals surface area contributed by atoms with Gasteiger partial charge in [-0.25, -0.2) is 9.59 Å². The summed E-state index contributed by atoms with van der Waals surface area (Å²) in [6.07, 6.45) is 0.0779. The lowest BCUT2D eigenvalue weighted by Gasteiger charge is -2.29. The molecule has 1 aromatic rings. The molecule has 1 aliphatic heterocycles. The average molecular weight is 397 g/mol. The number of carbonyl (C=O) groups excluding carboxylic acids is 2. The summed E-state index contributed by atoms with van der Waals surface area (Å²) in [5.41, 5.74) is -0.572. The number of hydrogen-bond acceptors (Lipinski definition) is 5. The predicted octanol–water partition coefficient (Wildman–Crippen LogP) is 3.74. The minimum absolute atomic E-state index is 0.0729. The van der Waals surface area contributed by atoms with Gasteiger partial charge in [-0.05, 0) is 39.2 Å². The van der Waals surface area contributed by atoms with Crippen LogP contribution in [-0.2, 0) is 25.6 Å². The third-order valence-electron chi connectivity index (χ3n) is 5.02. The van der Waals surface area contributed by atoms with E-state index < -0.39 is 35.7 Å². The Labute approximate surface area is 162 Å². The summed E-state index contributed by atoms with van der Waals surface area (Å²) in [7, 11) is 0. The zero-order valence-electron chi connectivity index (χ0n) is 16.2. The molecule has 0 spiro atoms. The van der Waals surface area contributed by atoms with Crippen molar-refractivity contribution in [1.29, 1.82) is 0 Å². The fourth-order valence-electron chi connectivity index (χ4n) is 3.67. The van der Waals surface area contributed by atoms with Crippen LogP contribution < -0.4 is 0 Å². The molecule has 3 atom stereocenters. The van der Waals surface area contributed by atoms with Gasteiger partial charge < -0.3 is 14.2 Å². The topological polar surface area (TPSA) is 65.1 Å². The standard InChI is InChI=1S/C20H25F2NO5/c1-19(2,3)28-18(25)23-14(9-20(10-15(20)23)12-27-17(21)22)16(24)26-11-13-7-5-4-6-8-13/h4-8,14-15,17H,9-12H2,1-3H3/t14-,15+,20?/m0/s1. The maximum atomic E-state index is 12.7. The highest BCUT2D eigenvalue weighted by Gasteiger charge is 2.68. The molecule has 1 amide bonds.